The second-order valence-electron chi connectivity index (χ2n) is 16.6. The fourth-order valence-electron chi connectivity index (χ4n) is 8.74. The third-order valence-electron chi connectivity index (χ3n) is 12.0. The number of hydrogen-bond acceptors (Lipinski definition) is 11. The van der Waals surface area contributed by atoms with Crippen LogP contribution in [0.1, 0.15) is 120 Å². The van der Waals surface area contributed by atoms with Gasteiger partial charge in [-0.2, -0.15) is 0 Å². The molecule has 65 heavy (non-hydrogen) atoms. The van der Waals surface area contributed by atoms with Crippen LogP contribution in [0.25, 0.3) is 22.1 Å². The van der Waals surface area contributed by atoms with Crippen molar-refractivity contribution >= 4 is 57.8 Å². The number of amides is 1. The number of carbonyl (C=O) groups is 4. The number of aryl methyl sites for hydroxylation is 2. The summed E-state index contributed by atoms with van der Waals surface area (Å²) >= 11 is 0. The third kappa shape index (κ3) is 12.0. The maximum Gasteiger partial charge on any atom is 0.335 e. The summed E-state index contributed by atoms with van der Waals surface area (Å²) in [4.78, 5) is 56.4. The highest BCUT2D eigenvalue weighted by Crippen LogP contribution is 2.38. The molecule has 6 N–H and O–H groups in total. The molecule has 8 rings (SSSR count). The van der Waals surface area contributed by atoms with Crippen molar-refractivity contribution in [2.75, 3.05) is 24.3 Å². The Balaban J connectivity index is 0.000000184. The van der Waals surface area contributed by atoms with Crippen LogP contribution in [0.5, 0.6) is 0 Å². The van der Waals surface area contributed by atoms with Crippen molar-refractivity contribution < 1.29 is 44.0 Å². The lowest BCUT2D eigenvalue weighted by Crippen LogP contribution is -2.26. The SMILES string of the molecule is CCOC(=O)C1CCC(n2c(N)nc3cc(CO)ccc32)CC1.CCOC(=O)C1CCC(n2c(NC(=O)c3cccc(C)c3)nc3cc(CO)ccc32)CC1.Cc1cccc(C(=O)O)c1. The number of rotatable bonds is 11. The number of carbonyl (C=O) groups excluding carboxylic acids is 3. The van der Waals surface area contributed by atoms with E-state index < -0.39 is 5.97 Å². The molecule has 15 heteroatoms. The monoisotopic (exact) mass is 888 g/mol. The minimum absolute atomic E-state index is 0.00296. The molecule has 2 aliphatic carbocycles. The summed E-state index contributed by atoms with van der Waals surface area (Å²) in [7, 11) is 0. The average molecular weight is 889 g/mol. The standard InChI is InChI=1S/C25H29N3O4.C17H23N3O3.C8H8O2/c1-3-32-24(31)18-8-10-20(11-9-18)28-22-12-7-17(15-29)14-21(22)26-25(28)27-23(30)19-6-4-5-16(2)13-19;1-2-23-16(22)12-4-6-13(7-5-12)20-15-8-3-11(10-21)9-14(15)19-17(20)18;1-6-3-2-4-7(5-6)8(9)10/h4-7,12-14,18,20,29H,3,8-11,15H2,1-2H3,(H,26,27,30);3,8-9,12-13,21H,2,4-7,10H2,1H3,(H2,18,19);2-5H,1H3,(H,9,10). The van der Waals surface area contributed by atoms with E-state index in [0.717, 1.165) is 95.7 Å². The van der Waals surface area contributed by atoms with E-state index in [9.17, 15) is 29.4 Å². The van der Waals surface area contributed by atoms with Crippen LogP contribution in [-0.4, -0.2) is 71.5 Å². The van der Waals surface area contributed by atoms with Crippen LogP contribution in [-0.2, 0) is 32.3 Å². The molecule has 0 spiro atoms. The number of aliphatic hydroxyl groups is 2. The van der Waals surface area contributed by atoms with E-state index in [2.05, 4.69) is 19.4 Å². The van der Waals surface area contributed by atoms with Crippen LogP contribution in [0.2, 0.25) is 0 Å². The first-order chi connectivity index (χ1) is 31.3. The number of aromatic carboxylic acids is 1. The van der Waals surface area contributed by atoms with E-state index in [1.54, 1.807) is 24.3 Å². The lowest BCUT2D eigenvalue weighted by molar-refractivity contribution is -0.150. The van der Waals surface area contributed by atoms with Crippen molar-refractivity contribution in [3.63, 3.8) is 0 Å². The summed E-state index contributed by atoms with van der Waals surface area (Å²) in [6.07, 6.45) is 6.48. The number of nitrogens with two attached hydrogens (primary N) is 1. The second kappa shape index (κ2) is 22.4. The lowest BCUT2D eigenvalue weighted by atomic mass is 9.86. The zero-order valence-corrected chi connectivity index (χ0v) is 37.5. The van der Waals surface area contributed by atoms with Gasteiger partial charge in [0.15, 0.2) is 0 Å². The highest BCUT2D eigenvalue weighted by atomic mass is 16.5. The number of esters is 2. The molecule has 2 saturated carbocycles. The van der Waals surface area contributed by atoms with Crippen LogP contribution in [0.4, 0.5) is 11.9 Å². The molecule has 0 atom stereocenters. The third-order valence-corrected chi connectivity index (χ3v) is 12.0. The fraction of sp³-hybridized carbons (Fsp3) is 0.400. The van der Waals surface area contributed by atoms with Crippen molar-refractivity contribution in [1.29, 1.82) is 0 Å². The van der Waals surface area contributed by atoms with Gasteiger partial charge in [0.05, 0.1) is 65.9 Å². The van der Waals surface area contributed by atoms with E-state index in [1.165, 1.54) is 0 Å². The first-order valence-electron chi connectivity index (χ1n) is 22.3. The first kappa shape index (κ1) is 47.9. The summed E-state index contributed by atoms with van der Waals surface area (Å²) in [5.74, 6) is -0.382. The Bertz CT molecular complexity index is 2600. The number of hydrogen-bond donors (Lipinski definition) is 5. The highest BCUT2D eigenvalue weighted by molar-refractivity contribution is 6.04. The Labute approximate surface area is 378 Å². The number of fused-ring (bicyclic) bond motifs is 2. The number of imidazole rings is 2. The second-order valence-corrected chi connectivity index (χ2v) is 16.6. The molecule has 344 valence electrons. The molecule has 0 unspecified atom stereocenters. The van der Waals surface area contributed by atoms with Gasteiger partial charge in [-0.05, 0) is 139 Å². The first-order valence-corrected chi connectivity index (χ1v) is 22.3. The molecule has 2 aromatic heterocycles. The number of nitrogens with one attached hydrogen (secondary N) is 1. The lowest BCUT2D eigenvalue weighted by Gasteiger charge is -2.29. The number of nitrogen functional groups attached to an aromatic ring is 1. The fourth-order valence-corrected chi connectivity index (χ4v) is 8.74. The molecule has 0 bridgehead atoms. The van der Waals surface area contributed by atoms with Crippen molar-refractivity contribution in [2.24, 2.45) is 11.8 Å². The average Bonchev–Trinajstić information content (AvgIpc) is 3.84. The number of nitrogens with zero attached hydrogens (tertiary/aromatic N) is 4. The maximum absolute atomic E-state index is 12.9. The van der Waals surface area contributed by atoms with Gasteiger partial charge in [-0.15, -0.1) is 0 Å². The molecule has 15 nitrogen and oxygen atoms in total. The van der Waals surface area contributed by atoms with E-state index in [4.69, 9.17) is 25.3 Å². The highest BCUT2D eigenvalue weighted by Gasteiger charge is 2.32. The Morgan fingerprint density at radius 1 is 0.646 bits per heavy atom. The van der Waals surface area contributed by atoms with Crippen molar-refractivity contribution in [1.82, 2.24) is 19.1 Å². The van der Waals surface area contributed by atoms with Crippen molar-refractivity contribution in [2.45, 2.75) is 104 Å². The Kier molecular flexibility index (Phi) is 16.5. The topological polar surface area (TPSA) is 221 Å². The summed E-state index contributed by atoms with van der Waals surface area (Å²) in [5, 5.41) is 30.3. The van der Waals surface area contributed by atoms with Gasteiger partial charge < -0.3 is 39.7 Å². The van der Waals surface area contributed by atoms with E-state index in [-0.39, 0.29) is 55.0 Å². The molecule has 6 aromatic rings. The van der Waals surface area contributed by atoms with Gasteiger partial charge >= 0.3 is 17.9 Å². The minimum atomic E-state index is -0.872. The predicted octanol–water partition coefficient (Wildman–Crippen LogP) is 8.48. The van der Waals surface area contributed by atoms with E-state index >= 15 is 0 Å². The summed E-state index contributed by atoms with van der Waals surface area (Å²) in [6.45, 7) is 8.23. The number of aromatic nitrogens is 4. The van der Waals surface area contributed by atoms with E-state index in [1.807, 2.05) is 88.4 Å². The smallest absolute Gasteiger partial charge is 0.335 e. The van der Waals surface area contributed by atoms with E-state index in [0.29, 0.717) is 36.2 Å². The van der Waals surface area contributed by atoms with Crippen LogP contribution in [0.15, 0.2) is 84.9 Å². The van der Waals surface area contributed by atoms with Crippen LogP contribution >= 0.6 is 0 Å². The number of carboxylic acids is 1. The van der Waals surface area contributed by atoms with Crippen molar-refractivity contribution in [3.05, 3.63) is 118 Å². The summed E-state index contributed by atoms with van der Waals surface area (Å²) in [5.41, 5.74) is 14.0. The van der Waals surface area contributed by atoms with Crippen LogP contribution < -0.4 is 11.1 Å². The predicted molar refractivity (Wildman–Crippen MR) is 248 cm³/mol. The minimum Gasteiger partial charge on any atom is -0.478 e. The summed E-state index contributed by atoms with van der Waals surface area (Å²) in [6, 6.07) is 26.0. The molecule has 0 radical (unpaired) electrons. The van der Waals surface area contributed by atoms with Gasteiger partial charge in [0.25, 0.3) is 5.91 Å². The molecule has 0 saturated heterocycles. The van der Waals surface area contributed by atoms with Crippen LogP contribution in [0, 0.1) is 25.7 Å². The number of carboxylic acid groups (broad SMARTS) is 1. The molecular formula is C50H60N6O9. The van der Waals surface area contributed by atoms with Crippen LogP contribution in [0.3, 0.4) is 0 Å². The number of anilines is 2. The zero-order valence-electron chi connectivity index (χ0n) is 37.5. The largest absolute Gasteiger partial charge is 0.478 e. The molecule has 4 aromatic carbocycles. The van der Waals surface area contributed by atoms with Gasteiger partial charge in [0.2, 0.25) is 11.9 Å². The molecule has 2 fully saturated rings. The Hall–Kier alpha value is -6.58. The van der Waals surface area contributed by atoms with Gasteiger partial charge in [0.1, 0.15) is 0 Å². The zero-order chi connectivity index (χ0) is 46.6. The molecular weight excluding hydrogens is 829 g/mol. The number of ether oxygens (including phenoxy) is 2. The van der Waals surface area contributed by atoms with Gasteiger partial charge in [0, 0.05) is 17.6 Å². The Morgan fingerprint density at radius 2 is 1.11 bits per heavy atom. The van der Waals surface area contributed by atoms with Gasteiger partial charge in [-0.25, -0.2) is 14.8 Å². The number of aliphatic hydroxyl groups excluding tert-OH is 2. The normalized spacial score (nSPS) is 18.1. The molecule has 2 aliphatic rings. The summed E-state index contributed by atoms with van der Waals surface area (Å²) < 4.78 is 14.5. The van der Waals surface area contributed by atoms with Gasteiger partial charge in [-0.1, -0.05) is 47.5 Å². The quantitative estimate of drug-likeness (QED) is 0.0773. The maximum atomic E-state index is 12.9. The molecule has 2 heterocycles. The van der Waals surface area contributed by atoms with Crippen molar-refractivity contribution in [3.8, 4) is 0 Å². The Morgan fingerprint density at radius 3 is 1.57 bits per heavy atom. The molecule has 1 amide bonds. The van der Waals surface area contributed by atoms with Gasteiger partial charge in [-0.3, -0.25) is 19.7 Å². The molecule has 0 aliphatic heterocycles. The number of benzene rings is 4.